The van der Waals surface area contributed by atoms with Crippen LogP contribution in [-0.2, 0) is 14.6 Å². The van der Waals surface area contributed by atoms with Crippen LogP contribution in [0.4, 0.5) is 0 Å². The first kappa shape index (κ1) is 16.3. The van der Waals surface area contributed by atoms with Crippen LogP contribution in [0.15, 0.2) is 29.2 Å². The Bertz CT molecular complexity index is 587. The molecule has 7 heteroatoms. The molecule has 0 aliphatic carbocycles. The van der Waals surface area contributed by atoms with Gasteiger partial charge >= 0.3 is 0 Å². The van der Waals surface area contributed by atoms with Crippen molar-refractivity contribution in [3.8, 4) is 0 Å². The topological polar surface area (TPSA) is 66.5 Å². The fraction of sp³-hybridized carbons (Fsp3) is 0.500. The number of carbonyl (C=O) groups excluding carboxylic acids is 1. The summed E-state index contributed by atoms with van der Waals surface area (Å²) >= 11 is 5.76. The van der Waals surface area contributed by atoms with Crippen LogP contribution in [0.5, 0.6) is 0 Å². The maximum Gasteiger partial charge on any atom is 0.221 e. The van der Waals surface area contributed by atoms with Gasteiger partial charge in [0.05, 0.1) is 10.6 Å². The molecular formula is C14H19ClN2O3S. The van der Waals surface area contributed by atoms with Crippen LogP contribution in [0.1, 0.15) is 12.8 Å². The van der Waals surface area contributed by atoms with E-state index in [9.17, 15) is 13.2 Å². The van der Waals surface area contributed by atoms with Crippen LogP contribution in [-0.4, -0.2) is 51.2 Å². The quantitative estimate of drug-likeness (QED) is 0.884. The van der Waals surface area contributed by atoms with E-state index in [-0.39, 0.29) is 11.7 Å². The van der Waals surface area contributed by atoms with Gasteiger partial charge in [-0.15, -0.1) is 0 Å². The van der Waals surface area contributed by atoms with E-state index in [1.54, 1.807) is 12.1 Å². The zero-order valence-corrected chi connectivity index (χ0v) is 13.3. The molecule has 1 aliphatic heterocycles. The zero-order chi connectivity index (χ0) is 15.3. The average molecular weight is 331 g/mol. The third kappa shape index (κ3) is 4.98. The predicted molar refractivity (Wildman–Crippen MR) is 82.2 cm³/mol. The van der Waals surface area contributed by atoms with Crippen molar-refractivity contribution in [3.05, 3.63) is 29.3 Å². The van der Waals surface area contributed by atoms with Crippen molar-refractivity contribution < 1.29 is 13.2 Å². The minimum absolute atomic E-state index is 0.0614. The Hall–Kier alpha value is -1.11. The molecule has 1 aromatic carbocycles. The third-order valence-electron chi connectivity index (χ3n) is 3.47. The Morgan fingerprint density at radius 2 is 1.90 bits per heavy atom. The van der Waals surface area contributed by atoms with E-state index in [1.165, 1.54) is 12.1 Å². The van der Waals surface area contributed by atoms with Gasteiger partial charge in [-0.2, -0.15) is 0 Å². The van der Waals surface area contributed by atoms with Crippen molar-refractivity contribution >= 4 is 27.3 Å². The van der Waals surface area contributed by atoms with E-state index in [0.29, 0.717) is 42.4 Å². The van der Waals surface area contributed by atoms with E-state index in [2.05, 4.69) is 10.2 Å². The summed E-state index contributed by atoms with van der Waals surface area (Å²) in [5.41, 5.74) is 0. The van der Waals surface area contributed by atoms with Crippen molar-refractivity contribution in [2.45, 2.75) is 17.7 Å². The molecule has 0 atom stereocenters. The van der Waals surface area contributed by atoms with Crippen LogP contribution in [0.25, 0.3) is 0 Å². The molecule has 0 bridgehead atoms. The van der Waals surface area contributed by atoms with Gasteiger partial charge in [-0.3, -0.25) is 4.79 Å². The monoisotopic (exact) mass is 330 g/mol. The molecule has 1 aromatic rings. The molecule has 0 spiro atoms. The summed E-state index contributed by atoms with van der Waals surface area (Å²) in [6.07, 6.45) is 1.03. The van der Waals surface area contributed by atoms with Crippen molar-refractivity contribution in [1.82, 2.24) is 10.2 Å². The number of hydrogen-bond donors (Lipinski definition) is 1. The maximum atomic E-state index is 12.2. The normalized spacial score (nSPS) is 17.3. The van der Waals surface area contributed by atoms with Crippen LogP contribution in [0.3, 0.4) is 0 Å². The first-order valence-electron chi connectivity index (χ1n) is 6.95. The second-order valence-electron chi connectivity index (χ2n) is 5.07. The number of sulfone groups is 1. The number of halogens is 1. The fourth-order valence-electron chi connectivity index (χ4n) is 2.27. The van der Waals surface area contributed by atoms with Crippen molar-refractivity contribution in [2.75, 3.05) is 31.9 Å². The summed E-state index contributed by atoms with van der Waals surface area (Å²) in [5, 5.41) is 3.32. The van der Waals surface area contributed by atoms with Crippen LogP contribution < -0.4 is 5.32 Å². The van der Waals surface area contributed by atoms with Gasteiger partial charge in [0.25, 0.3) is 0 Å². The lowest BCUT2D eigenvalue weighted by Gasteiger charge is -2.18. The van der Waals surface area contributed by atoms with Crippen molar-refractivity contribution in [3.63, 3.8) is 0 Å². The maximum absolute atomic E-state index is 12.2. The SMILES string of the molecule is O=C1CCN(CCCS(=O)(=O)c2ccc(Cl)cc2)CCN1. The van der Waals surface area contributed by atoms with Gasteiger partial charge < -0.3 is 10.2 Å². The largest absolute Gasteiger partial charge is 0.355 e. The smallest absolute Gasteiger partial charge is 0.221 e. The number of rotatable bonds is 5. The summed E-state index contributed by atoms with van der Waals surface area (Å²) in [4.78, 5) is 13.7. The summed E-state index contributed by atoms with van der Waals surface area (Å²) in [6, 6.07) is 6.24. The lowest BCUT2D eigenvalue weighted by molar-refractivity contribution is -0.120. The minimum atomic E-state index is -3.27. The lowest BCUT2D eigenvalue weighted by atomic mass is 10.3. The summed E-state index contributed by atoms with van der Waals surface area (Å²) in [7, 11) is -3.27. The van der Waals surface area contributed by atoms with Crippen molar-refractivity contribution in [2.24, 2.45) is 0 Å². The van der Waals surface area contributed by atoms with E-state index in [4.69, 9.17) is 11.6 Å². The van der Waals surface area contributed by atoms with E-state index in [1.807, 2.05) is 0 Å². The lowest BCUT2D eigenvalue weighted by Crippen LogP contribution is -2.30. The molecule has 21 heavy (non-hydrogen) atoms. The van der Waals surface area contributed by atoms with Crippen LogP contribution >= 0.6 is 11.6 Å². The first-order valence-corrected chi connectivity index (χ1v) is 8.98. The molecule has 5 nitrogen and oxygen atoms in total. The molecule has 1 aliphatic rings. The molecule has 1 amide bonds. The molecule has 1 N–H and O–H groups in total. The number of hydrogen-bond acceptors (Lipinski definition) is 4. The number of benzene rings is 1. The highest BCUT2D eigenvalue weighted by molar-refractivity contribution is 7.91. The molecule has 1 fully saturated rings. The van der Waals surface area contributed by atoms with Gasteiger partial charge in [-0.25, -0.2) is 8.42 Å². The molecule has 0 unspecified atom stereocenters. The standard InChI is InChI=1S/C14H19ClN2O3S/c15-12-2-4-13(5-3-12)21(19,20)11-1-8-17-9-6-14(18)16-7-10-17/h2-5H,1,6-11H2,(H,16,18). The van der Waals surface area contributed by atoms with Gasteiger partial charge in [-0.05, 0) is 37.2 Å². The first-order chi connectivity index (χ1) is 9.97. The second kappa shape index (κ2) is 7.24. The summed E-state index contributed by atoms with van der Waals surface area (Å²) in [6.45, 7) is 2.77. The number of nitrogens with one attached hydrogen (secondary N) is 1. The molecule has 0 saturated carbocycles. The zero-order valence-electron chi connectivity index (χ0n) is 11.7. The van der Waals surface area contributed by atoms with Crippen molar-refractivity contribution in [1.29, 1.82) is 0 Å². The third-order valence-corrected chi connectivity index (χ3v) is 5.53. The Morgan fingerprint density at radius 1 is 1.19 bits per heavy atom. The number of carbonyl (C=O) groups is 1. The van der Waals surface area contributed by atoms with Gasteiger partial charge in [0.1, 0.15) is 0 Å². The highest BCUT2D eigenvalue weighted by Crippen LogP contribution is 2.16. The Balaban J connectivity index is 1.84. The van der Waals surface area contributed by atoms with Crippen LogP contribution in [0.2, 0.25) is 5.02 Å². The fourth-order valence-corrected chi connectivity index (χ4v) is 3.70. The Labute approximate surface area is 130 Å². The molecule has 1 heterocycles. The molecule has 2 rings (SSSR count). The summed E-state index contributed by atoms with van der Waals surface area (Å²) < 4.78 is 24.4. The summed E-state index contributed by atoms with van der Waals surface area (Å²) in [5.74, 6) is 0.165. The minimum Gasteiger partial charge on any atom is -0.355 e. The van der Waals surface area contributed by atoms with Gasteiger partial charge in [0.2, 0.25) is 5.91 Å². The number of nitrogens with zero attached hydrogens (tertiary/aromatic N) is 1. The molecular weight excluding hydrogens is 312 g/mol. The molecule has 0 radical (unpaired) electrons. The molecule has 116 valence electrons. The van der Waals surface area contributed by atoms with Crippen LogP contribution in [0, 0.1) is 0 Å². The Kier molecular flexibility index (Phi) is 5.61. The highest BCUT2D eigenvalue weighted by atomic mass is 35.5. The Morgan fingerprint density at radius 3 is 2.62 bits per heavy atom. The highest BCUT2D eigenvalue weighted by Gasteiger charge is 2.17. The molecule has 1 saturated heterocycles. The van der Waals surface area contributed by atoms with Gasteiger partial charge in [-0.1, -0.05) is 11.6 Å². The van der Waals surface area contributed by atoms with E-state index in [0.717, 1.165) is 6.54 Å². The van der Waals surface area contributed by atoms with Gasteiger partial charge in [0, 0.05) is 31.1 Å². The second-order valence-corrected chi connectivity index (χ2v) is 7.61. The van der Waals surface area contributed by atoms with E-state index < -0.39 is 9.84 Å². The average Bonchev–Trinajstić information content (AvgIpc) is 2.64. The number of amides is 1. The van der Waals surface area contributed by atoms with Gasteiger partial charge in [0.15, 0.2) is 9.84 Å². The molecule has 0 aromatic heterocycles. The predicted octanol–water partition coefficient (Wildman–Crippen LogP) is 1.33. The van der Waals surface area contributed by atoms with E-state index >= 15 is 0 Å².